The zero-order valence-corrected chi connectivity index (χ0v) is 10.1. The average molecular weight is 250 g/mol. The standard InChI is InChI=1S/C12H11FN2OS/c1-8-6-17-7-9(8)5-14-12(16)10-3-2-4-11(13)15-10/h2-4,6-7H,5H2,1H3,(H,14,16). The number of rotatable bonds is 3. The van der Waals surface area contributed by atoms with Gasteiger partial charge in [-0.1, -0.05) is 6.07 Å². The van der Waals surface area contributed by atoms with Gasteiger partial charge in [-0.05, 0) is 40.9 Å². The van der Waals surface area contributed by atoms with E-state index in [1.807, 2.05) is 17.7 Å². The highest BCUT2D eigenvalue weighted by Crippen LogP contribution is 2.13. The Kier molecular flexibility index (Phi) is 3.49. The summed E-state index contributed by atoms with van der Waals surface area (Å²) in [6, 6.07) is 4.16. The van der Waals surface area contributed by atoms with E-state index in [1.165, 1.54) is 18.2 Å². The van der Waals surface area contributed by atoms with E-state index in [2.05, 4.69) is 10.3 Å². The number of hydrogen-bond acceptors (Lipinski definition) is 3. The van der Waals surface area contributed by atoms with Crippen LogP contribution < -0.4 is 5.32 Å². The fourth-order valence-corrected chi connectivity index (χ4v) is 2.23. The van der Waals surface area contributed by atoms with Crippen LogP contribution in [-0.2, 0) is 6.54 Å². The van der Waals surface area contributed by atoms with E-state index in [-0.39, 0.29) is 11.6 Å². The first-order chi connectivity index (χ1) is 8.16. The Bertz CT molecular complexity index is 539. The van der Waals surface area contributed by atoms with Crippen molar-refractivity contribution in [3.8, 4) is 0 Å². The van der Waals surface area contributed by atoms with Crippen LogP contribution >= 0.6 is 11.3 Å². The van der Waals surface area contributed by atoms with Crippen LogP contribution in [0.2, 0.25) is 0 Å². The van der Waals surface area contributed by atoms with Crippen molar-refractivity contribution in [1.29, 1.82) is 0 Å². The maximum Gasteiger partial charge on any atom is 0.270 e. The van der Waals surface area contributed by atoms with Gasteiger partial charge in [0.1, 0.15) is 5.69 Å². The largest absolute Gasteiger partial charge is 0.347 e. The van der Waals surface area contributed by atoms with Gasteiger partial charge in [-0.15, -0.1) is 0 Å². The van der Waals surface area contributed by atoms with Gasteiger partial charge in [-0.3, -0.25) is 4.79 Å². The molecule has 0 spiro atoms. The number of halogens is 1. The number of nitrogens with one attached hydrogen (secondary N) is 1. The molecule has 17 heavy (non-hydrogen) atoms. The maximum atomic E-state index is 12.8. The molecular formula is C12H11FN2OS. The molecule has 2 rings (SSSR count). The van der Waals surface area contributed by atoms with Crippen LogP contribution in [0.4, 0.5) is 4.39 Å². The average Bonchev–Trinajstić information content (AvgIpc) is 2.72. The lowest BCUT2D eigenvalue weighted by atomic mass is 10.2. The van der Waals surface area contributed by atoms with E-state index in [1.54, 1.807) is 11.3 Å². The Balaban J connectivity index is 2.01. The summed E-state index contributed by atoms with van der Waals surface area (Å²) >= 11 is 1.59. The van der Waals surface area contributed by atoms with Crippen LogP contribution in [0.25, 0.3) is 0 Å². The second kappa shape index (κ2) is 5.05. The highest BCUT2D eigenvalue weighted by Gasteiger charge is 2.08. The molecule has 0 atom stereocenters. The van der Waals surface area contributed by atoms with Crippen LogP contribution in [-0.4, -0.2) is 10.9 Å². The Morgan fingerprint density at radius 2 is 2.29 bits per heavy atom. The molecule has 0 bridgehead atoms. The summed E-state index contributed by atoms with van der Waals surface area (Å²) in [5, 5.41) is 6.70. The minimum atomic E-state index is -0.649. The first kappa shape index (κ1) is 11.7. The molecular weight excluding hydrogens is 239 g/mol. The fourth-order valence-electron chi connectivity index (χ4n) is 1.37. The summed E-state index contributed by atoms with van der Waals surface area (Å²) in [5.74, 6) is -1.01. The van der Waals surface area contributed by atoms with Gasteiger partial charge in [-0.2, -0.15) is 15.7 Å². The Morgan fingerprint density at radius 1 is 1.47 bits per heavy atom. The summed E-state index contributed by atoms with van der Waals surface area (Å²) < 4.78 is 12.8. The van der Waals surface area contributed by atoms with Gasteiger partial charge in [0.15, 0.2) is 0 Å². The third kappa shape index (κ3) is 2.88. The molecule has 2 heterocycles. The Hall–Kier alpha value is -1.75. The summed E-state index contributed by atoms with van der Waals surface area (Å²) in [7, 11) is 0. The SMILES string of the molecule is Cc1cscc1CNC(=O)c1cccc(F)n1. The van der Waals surface area contributed by atoms with Crippen LogP contribution in [0.3, 0.4) is 0 Å². The molecule has 1 N–H and O–H groups in total. The topological polar surface area (TPSA) is 42.0 Å². The molecule has 0 aliphatic carbocycles. The van der Waals surface area contributed by atoms with E-state index < -0.39 is 5.95 Å². The lowest BCUT2D eigenvalue weighted by Crippen LogP contribution is -2.24. The van der Waals surface area contributed by atoms with Crippen LogP contribution in [0.15, 0.2) is 29.0 Å². The molecule has 0 saturated carbocycles. The molecule has 0 radical (unpaired) electrons. The van der Waals surface area contributed by atoms with Crippen molar-refractivity contribution in [2.24, 2.45) is 0 Å². The Morgan fingerprint density at radius 3 is 2.94 bits per heavy atom. The van der Waals surface area contributed by atoms with E-state index >= 15 is 0 Å². The fraction of sp³-hybridized carbons (Fsp3) is 0.167. The smallest absolute Gasteiger partial charge is 0.270 e. The number of nitrogens with zero attached hydrogens (tertiary/aromatic N) is 1. The van der Waals surface area contributed by atoms with Crippen LogP contribution in [0.1, 0.15) is 21.6 Å². The third-order valence-corrected chi connectivity index (χ3v) is 3.26. The number of amides is 1. The second-order valence-electron chi connectivity index (χ2n) is 3.61. The third-order valence-electron chi connectivity index (χ3n) is 2.35. The van der Waals surface area contributed by atoms with Crippen molar-refractivity contribution in [1.82, 2.24) is 10.3 Å². The van der Waals surface area contributed by atoms with Gasteiger partial charge in [-0.25, -0.2) is 4.98 Å². The van der Waals surface area contributed by atoms with Crippen molar-refractivity contribution in [2.45, 2.75) is 13.5 Å². The molecule has 2 aromatic heterocycles. The highest BCUT2D eigenvalue weighted by atomic mass is 32.1. The molecule has 0 saturated heterocycles. The minimum Gasteiger partial charge on any atom is -0.347 e. The van der Waals surface area contributed by atoms with Gasteiger partial charge in [0.05, 0.1) is 0 Å². The zero-order chi connectivity index (χ0) is 12.3. The second-order valence-corrected chi connectivity index (χ2v) is 4.35. The number of pyridine rings is 1. The van der Waals surface area contributed by atoms with Crippen molar-refractivity contribution in [3.63, 3.8) is 0 Å². The van der Waals surface area contributed by atoms with Crippen LogP contribution in [0, 0.1) is 12.9 Å². The van der Waals surface area contributed by atoms with E-state index in [0.29, 0.717) is 6.54 Å². The predicted octanol–water partition coefficient (Wildman–Crippen LogP) is 2.52. The van der Waals surface area contributed by atoms with Crippen molar-refractivity contribution in [3.05, 3.63) is 51.7 Å². The summed E-state index contributed by atoms with van der Waals surface area (Å²) in [6.07, 6.45) is 0. The summed E-state index contributed by atoms with van der Waals surface area (Å²) in [5.41, 5.74) is 2.31. The molecule has 0 aromatic carbocycles. The van der Waals surface area contributed by atoms with Gasteiger partial charge in [0.2, 0.25) is 5.95 Å². The minimum absolute atomic E-state index is 0.0953. The Labute approximate surface area is 102 Å². The number of carbonyl (C=O) groups is 1. The van der Waals surface area contributed by atoms with Gasteiger partial charge < -0.3 is 5.32 Å². The molecule has 88 valence electrons. The number of carbonyl (C=O) groups excluding carboxylic acids is 1. The van der Waals surface area contributed by atoms with Gasteiger partial charge in [0, 0.05) is 6.54 Å². The number of aromatic nitrogens is 1. The lowest BCUT2D eigenvalue weighted by Gasteiger charge is -2.04. The molecule has 0 aliphatic rings. The van der Waals surface area contributed by atoms with Gasteiger partial charge >= 0.3 is 0 Å². The first-order valence-electron chi connectivity index (χ1n) is 5.09. The zero-order valence-electron chi connectivity index (χ0n) is 9.24. The molecule has 1 amide bonds. The predicted molar refractivity (Wildman–Crippen MR) is 64.4 cm³/mol. The lowest BCUT2D eigenvalue weighted by molar-refractivity contribution is 0.0945. The first-order valence-corrected chi connectivity index (χ1v) is 6.03. The quantitative estimate of drug-likeness (QED) is 0.850. The van der Waals surface area contributed by atoms with Crippen molar-refractivity contribution >= 4 is 17.2 Å². The molecule has 0 unspecified atom stereocenters. The highest BCUT2D eigenvalue weighted by molar-refractivity contribution is 7.08. The normalized spacial score (nSPS) is 10.2. The molecule has 5 heteroatoms. The summed E-state index contributed by atoms with van der Waals surface area (Å²) in [6.45, 7) is 2.42. The van der Waals surface area contributed by atoms with Gasteiger partial charge in [0.25, 0.3) is 5.91 Å². The van der Waals surface area contributed by atoms with E-state index in [9.17, 15) is 9.18 Å². The number of hydrogen-bond donors (Lipinski definition) is 1. The number of aryl methyl sites for hydroxylation is 1. The monoisotopic (exact) mass is 250 g/mol. The molecule has 0 aliphatic heterocycles. The van der Waals surface area contributed by atoms with Crippen molar-refractivity contribution < 1.29 is 9.18 Å². The molecule has 3 nitrogen and oxygen atoms in total. The summed E-state index contributed by atoms with van der Waals surface area (Å²) in [4.78, 5) is 15.2. The van der Waals surface area contributed by atoms with E-state index in [4.69, 9.17) is 0 Å². The maximum absolute atomic E-state index is 12.8. The van der Waals surface area contributed by atoms with E-state index in [0.717, 1.165) is 11.1 Å². The molecule has 0 fully saturated rings. The number of thiophene rings is 1. The molecule has 2 aromatic rings. The van der Waals surface area contributed by atoms with Crippen LogP contribution in [0.5, 0.6) is 0 Å². The van der Waals surface area contributed by atoms with Crippen molar-refractivity contribution in [2.75, 3.05) is 0 Å².